The van der Waals surface area contributed by atoms with Crippen molar-refractivity contribution >= 4 is 17.9 Å². The summed E-state index contributed by atoms with van der Waals surface area (Å²) in [7, 11) is 5.41. The second kappa shape index (κ2) is 42.2. The second-order valence-electron chi connectivity index (χ2n) is 17.8. The molecule has 0 saturated carbocycles. The number of carbonyl (C=O) groups is 3. The summed E-state index contributed by atoms with van der Waals surface area (Å²) >= 11 is 0. The van der Waals surface area contributed by atoms with E-state index < -0.39 is 18.1 Å². The molecule has 0 radical (unpaired) electrons. The van der Waals surface area contributed by atoms with Crippen LogP contribution in [0.4, 0.5) is 0 Å². The summed E-state index contributed by atoms with van der Waals surface area (Å²) in [6, 6.07) is -0.728. The summed E-state index contributed by atoms with van der Waals surface area (Å²) in [6.45, 7) is 4.65. The highest BCUT2D eigenvalue weighted by molar-refractivity contribution is 5.70. The Bertz CT molecular complexity index is 1060. The van der Waals surface area contributed by atoms with Gasteiger partial charge in [0.05, 0.1) is 40.3 Å². The molecule has 0 aromatic carbocycles. The number of nitrogens with zero attached hydrogens (tertiary/aromatic N) is 1. The van der Waals surface area contributed by atoms with E-state index >= 15 is 0 Å². The molecule has 2 unspecified atom stereocenters. The van der Waals surface area contributed by atoms with E-state index in [1.54, 1.807) is 21.1 Å². The van der Waals surface area contributed by atoms with Crippen molar-refractivity contribution in [3.63, 3.8) is 0 Å². The maximum absolute atomic E-state index is 12.8. The van der Waals surface area contributed by atoms with Gasteiger partial charge in [-0.25, -0.2) is 0 Å². The van der Waals surface area contributed by atoms with Crippen molar-refractivity contribution in [2.75, 3.05) is 41.0 Å². The van der Waals surface area contributed by atoms with Crippen molar-refractivity contribution in [3.05, 3.63) is 36.5 Å². The molecule has 0 aliphatic rings. The Morgan fingerprint density at radius 3 is 1.31 bits per heavy atom. The molecule has 0 aliphatic heterocycles. The molecule has 0 heterocycles. The highest BCUT2D eigenvalue weighted by Crippen LogP contribution is 2.16. The Labute approximate surface area is 364 Å². The minimum absolute atomic E-state index is 0.0368. The van der Waals surface area contributed by atoms with E-state index in [1.807, 2.05) is 0 Å². The van der Waals surface area contributed by atoms with Crippen molar-refractivity contribution in [2.24, 2.45) is 0 Å². The molecule has 0 saturated heterocycles. The fourth-order valence-corrected chi connectivity index (χ4v) is 7.25. The van der Waals surface area contributed by atoms with Crippen molar-refractivity contribution < 1.29 is 38.2 Å². The normalized spacial score (nSPS) is 13.2. The van der Waals surface area contributed by atoms with E-state index in [-0.39, 0.29) is 42.7 Å². The van der Waals surface area contributed by atoms with Crippen LogP contribution in [0.3, 0.4) is 0 Å². The smallest absolute Gasteiger partial charge is 0.306 e. The van der Waals surface area contributed by atoms with Crippen LogP contribution >= 0.6 is 0 Å². The molecule has 8 nitrogen and oxygen atoms in total. The van der Waals surface area contributed by atoms with Gasteiger partial charge in [-0.1, -0.05) is 198 Å². The molecule has 0 aromatic heterocycles. The monoisotopic (exact) mass is 832 g/mol. The van der Waals surface area contributed by atoms with Crippen LogP contribution in [0.25, 0.3) is 0 Å². The number of aliphatic carboxylic acids is 1. The van der Waals surface area contributed by atoms with E-state index in [2.05, 4.69) is 50.3 Å². The molecule has 344 valence electrons. The highest BCUT2D eigenvalue weighted by Gasteiger charge is 2.25. The number of unbranched alkanes of at least 4 members (excludes halogenated alkanes) is 26. The molecule has 0 spiro atoms. The maximum Gasteiger partial charge on any atom is 0.306 e. The van der Waals surface area contributed by atoms with E-state index in [1.165, 1.54) is 122 Å². The molecule has 0 bridgehead atoms. The number of carboxylic acids is 1. The molecule has 2 atom stereocenters. The Balaban J connectivity index is 4.31. The van der Waals surface area contributed by atoms with Gasteiger partial charge in [0.2, 0.25) is 0 Å². The first-order valence-electron chi connectivity index (χ1n) is 24.5. The molecule has 0 aromatic rings. The van der Waals surface area contributed by atoms with Gasteiger partial charge in [0, 0.05) is 19.3 Å². The molecular weight excluding hydrogens is 739 g/mol. The Morgan fingerprint density at radius 2 is 0.898 bits per heavy atom. The van der Waals surface area contributed by atoms with Crippen LogP contribution in [-0.2, 0) is 28.6 Å². The third-order valence-corrected chi connectivity index (χ3v) is 11.1. The zero-order valence-electron chi connectivity index (χ0n) is 39.2. The first-order chi connectivity index (χ1) is 28.6. The lowest BCUT2D eigenvalue weighted by Crippen LogP contribution is -2.55. The minimum atomic E-state index is -1.13. The zero-order chi connectivity index (χ0) is 43.5. The van der Waals surface area contributed by atoms with Gasteiger partial charge in [-0.2, -0.15) is 0 Å². The topological polar surface area (TPSA) is 102 Å². The molecule has 59 heavy (non-hydrogen) atoms. The number of esters is 2. The Morgan fingerprint density at radius 1 is 0.508 bits per heavy atom. The van der Waals surface area contributed by atoms with Crippen LogP contribution in [-0.4, -0.2) is 75.5 Å². The van der Waals surface area contributed by atoms with Gasteiger partial charge in [-0.3, -0.25) is 9.59 Å². The number of allylic oxidation sites excluding steroid dienone is 6. The Kier molecular flexibility index (Phi) is 40.5. The van der Waals surface area contributed by atoms with Gasteiger partial charge in [-0.15, -0.1) is 0 Å². The third-order valence-electron chi connectivity index (χ3n) is 11.1. The number of carbonyl (C=O) groups excluding carboxylic acids is 3. The first-order valence-corrected chi connectivity index (χ1v) is 24.5. The maximum atomic E-state index is 12.8. The fraction of sp³-hybridized carbons (Fsp3) is 0.824. The van der Waals surface area contributed by atoms with Crippen molar-refractivity contribution in [3.8, 4) is 0 Å². The number of hydrogen-bond acceptors (Lipinski definition) is 7. The number of ether oxygens (including phenoxy) is 3. The zero-order valence-corrected chi connectivity index (χ0v) is 39.2. The van der Waals surface area contributed by atoms with Gasteiger partial charge in [-0.05, 0) is 38.5 Å². The largest absolute Gasteiger partial charge is 0.544 e. The van der Waals surface area contributed by atoms with E-state index in [4.69, 9.17) is 14.2 Å². The van der Waals surface area contributed by atoms with Gasteiger partial charge >= 0.3 is 11.9 Å². The lowest BCUT2D eigenvalue weighted by atomic mass is 10.0. The van der Waals surface area contributed by atoms with Crippen LogP contribution in [0.5, 0.6) is 0 Å². The van der Waals surface area contributed by atoms with Crippen LogP contribution in [0, 0.1) is 0 Å². The number of rotatable bonds is 44. The van der Waals surface area contributed by atoms with Gasteiger partial charge in [0.1, 0.15) is 12.6 Å². The second-order valence-corrected chi connectivity index (χ2v) is 17.8. The molecule has 0 rings (SSSR count). The Hall–Kier alpha value is -2.45. The highest BCUT2D eigenvalue weighted by atomic mass is 16.6. The van der Waals surface area contributed by atoms with Crippen LogP contribution in [0.1, 0.15) is 219 Å². The van der Waals surface area contributed by atoms with Gasteiger partial charge < -0.3 is 28.6 Å². The third kappa shape index (κ3) is 40.7. The number of hydrogen-bond donors (Lipinski definition) is 0. The molecule has 0 amide bonds. The summed E-state index contributed by atoms with van der Waals surface area (Å²) in [5.74, 6) is -1.75. The van der Waals surface area contributed by atoms with Crippen LogP contribution in [0.15, 0.2) is 36.5 Å². The lowest BCUT2D eigenvalue weighted by Gasteiger charge is -2.34. The van der Waals surface area contributed by atoms with Crippen LogP contribution in [0.2, 0.25) is 0 Å². The van der Waals surface area contributed by atoms with Gasteiger partial charge in [0.25, 0.3) is 0 Å². The average Bonchev–Trinajstić information content (AvgIpc) is 3.19. The van der Waals surface area contributed by atoms with Crippen molar-refractivity contribution in [2.45, 2.75) is 231 Å². The fourth-order valence-electron chi connectivity index (χ4n) is 7.25. The summed E-state index contributed by atoms with van der Waals surface area (Å²) in [6.07, 6.45) is 48.8. The summed E-state index contributed by atoms with van der Waals surface area (Å²) < 4.78 is 17.2. The molecule has 0 aliphatic carbocycles. The molecule has 8 heteroatoms. The first kappa shape index (κ1) is 56.5. The van der Waals surface area contributed by atoms with Gasteiger partial charge in [0.15, 0.2) is 6.10 Å². The van der Waals surface area contributed by atoms with E-state index in [0.29, 0.717) is 12.8 Å². The summed E-state index contributed by atoms with van der Waals surface area (Å²) in [5.41, 5.74) is 0. The predicted molar refractivity (Wildman–Crippen MR) is 245 cm³/mol. The average molecular weight is 832 g/mol. The number of carboxylic acid groups (broad SMARTS) is 1. The van der Waals surface area contributed by atoms with Crippen molar-refractivity contribution in [1.29, 1.82) is 0 Å². The molecule has 0 N–H and O–H groups in total. The standard InChI is InChI=1S/C51H93NO7/c1-6-8-10-12-14-16-18-20-22-24-26-27-29-31-33-35-37-39-41-49(53)58-46-47(45-57-44-43-48(51(55)56)52(3,4)5)59-50(54)42-40-38-36-34-32-30-28-25-23-21-19-17-15-13-11-9-7-2/h18,20,22,24,26-27,47-48H,6-17,19,21,23,25,28-46H2,1-5H3/b20-18+,24-22+,27-26+. The van der Waals surface area contributed by atoms with Crippen molar-refractivity contribution in [1.82, 2.24) is 0 Å². The lowest BCUT2D eigenvalue weighted by molar-refractivity contribution is -0.889. The molecule has 0 fully saturated rings. The van der Waals surface area contributed by atoms with E-state index in [0.717, 1.165) is 64.2 Å². The minimum Gasteiger partial charge on any atom is -0.544 e. The van der Waals surface area contributed by atoms with E-state index in [9.17, 15) is 19.5 Å². The SMILES string of the molecule is CCCCCCC/C=C/C=C/C=C/CCCCCCCC(=O)OCC(COCCC(C(=O)[O-])[N+](C)(C)C)OC(=O)CCCCCCCCCCCCCCCCCCC. The quantitative estimate of drug-likeness (QED) is 0.0261. The predicted octanol–water partition coefficient (Wildman–Crippen LogP) is 12.5. The van der Waals surface area contributed by atoms with Crippen LogP contribution < -0.4 is 5.11 Å². The summed E-state index contributed by atoms with van der Waals surface area (Å²) in [5, 5.41) is 11.6. The summed E-state index contributed by atoms with van der Waals surface area (Å²) in [4.78, 5) is 37.0. The number of quaternary nitrogens is 1. The molecular formula is C51H93NO7. The number of likely N-dealkylation sites (N-methyl/N-ethyl adjacent to an activating group) is 1.